The third-order valence-corrected chi connectivity index (χ3v) is 4.85. The summed E-state index contributed by atoms with van der Waals surface area (Å²) in [5, 5.41) is 0. The van der Waals surface area contributed by atoms with Crippen molar-refractivity contribution in [1.29, 1.82) is 0 Å². The van der Waals surface area contributed by atoms with Gasteiger partial charge in [-0.25, -0.2) is 0 Å². The second-order valence-electron chi connectivity index (χ2n) is 6.14. The van der Waals surface area contributed by atoms with Gasteiger partial charge in [-0.15, -0.1) is 0 Å². The van der Waals surface area contributed by atoms with Crippen LogP contribution in [0.5, 0.6) is 0 Å². The first kappa shape index (κ1) is 14.8. The Hall–Kier alpha value is -1.10. The van der Waals surface area contributed by atoms with Gasteiger partial charge in [0.15, 0.2) is 0 Å². The third kappa shape index (κ3) is 3.39. The zero-order chi connectivity index (χ0) is 14.7. The average Bonchev–Trinajstić information content (AvgIpc) is 3.05. The van der Waals surface area contributed by atoms with Gasteiger partial charge >= 0.3 is 0 Å². The maximum atomic E-state index is 6.09. The van der Waals surface area contributed by atoms with Crippen LogP contribution >= 0.6 is 0 Å². The molecule has 1 aromatic rings. The van der Waals surface area contributed by atoms with Crippen molar-refractivity contribution >= 4 is 5.69 Å². The Morgan fingerprint density at radius 1 is 1.19 bits per heavy atom. The van der Waals surface area contributed by atoms with Crippen LogP contribution in [0.2, 0.25) is 0 Å². The second-order valence-corrected chi connectivity index (χ2v) is 6.14. The molecule has 2 aliphatic rings. The lowest BCUT2D eigenvalue weighted by molar-refractivity contribution is 0.0209. The Balaban J connectivity index is 1.60. The first-order chi connectivity index (χ1) is 10.3. The van der Waals surface area contributed by atoms with Crippen LogP contribution in [0.25, 0.3) is 0 Å². The van der Waals surface area contributed by atoms with E-state index in [9.17, 15) is 0 Å². The number of ether oxygens (including phenoxy) is 1. The fourth-order valence-corrected chi connectivity index (χ4v) is 3.39. The number of morpholine rings is 1. The van der Waals surface area contributed by atoms with E-state index in [1.807, 2.05) is 0 Å². The summed E-state index contributed by atoms with van der Waals surface area (Å²) in [6, 6.07) is 9.68. The lowest BCUT2D eigenvalue weighted by Gasteiger charge is -2.32. The molecule has 4 heteroatoms. The molecule has 2 atom stereocenters. The Morgan fingerprint density at radius 2 is 1.90 bits per heavy atom. The third-order valence-electron chi connectivity index (χ3n) is 4.85. The molecule has 0 aromatic heterocycles. The zero-order valence-corrected chi connectivity index (χ0v) is 13.0. The van der Waals surface area contributed by atoms with Crippen molar-refractivity contribution in [2.45, 2.75) is 31.8 Å². The summed E-state index contributed by atoms with van der Waals surface area (Å²) in [5.74, 6) is 0. The Labute approximate surface area is 127 Å². The highest BCUT2D eigenvalue weighted by Gasteiger charge is 2.28. The predicted molar refractivity (Wildman–Crippen MR) is 86.7 cm³/mol. The highest BCUT2D eigenvalue weighted by atomic mass is 16.5. The summed E-state index contributed by atoms with van der Waals surface area (Å²) in [6.45, 7) is 8.37. The topological polar surface area (TPSA) is 41.7 Å². The molecule has 2 heterocycles. The van der Waals surface area contributed by atoms with Gasteiger partial charge in [0.05, 0.1) is 13.2 Å². The standard InChI is InChI=1S/C17H27N3O/c1-2-17(18)14-3-5-15(6-4-14)20-8-7-16(13-20)19-9-11-21-12-10-19/h3-6,16-17H,2,7-13,18H2,1H3. The van der Waals surface area contributed by atoms with Gasteiger partial charge in [0.2, 0.25) is 0 Å². The van der Waals surface area contributed by atoms with E-state index in [-0.39, 0.29) is 6.04 Å². The Kier molecular flexibility index (Phi) is 4.78. The predicted octanol–water partition coefficient (Wildman–Crippen LogP) is 2.01. The molecule has 4 nitrogen and oxygen atoms in total. The Bertz CT molecular complexity index is 442. The minimum absolute atomic E-state index is 0.165. The highest BCUT2D eigenvalue weighted by Crippen LogP contribution is 2.25. The fourth-order valence-electron chi connectivity index (χ4n) is 3.39. The van der Waals surface area contributed by atoms with Crippen molar-refractivity contribution in [3.8, 4) is 0 Å². The van der Waals surface area contributed by atoms with Gasteiger partial charge in [-0.3, -0.25) is 4.90 Å². The van der Waals surface area contributed by atoms with Crippen molar-refractivity contribution in [3.05, 3.63) is 29.8 Å². The van der Waals surface area contributed by atoms with Crippen molar-refractivity contribution in [2.75, 3.05) is 44.3 Å². The summed E-state index contributed by atoms with van der Waals surface area (Å²) >= 11 is 0. The van der Waals surface area contributed by atoms with Crippen LogP contribution in [-0.2, 0) is 4.74 Å². The van der Waals surface area contributed by atoms with Crippen LogP contribution in [0.15, 0.2) is 24.3 Å². The van der Waals surface area contributed by atoms with Gasteiger partial charge < -0.3 is 15.4 Å². The van der Waals surface area contributed by atoms with Gasteiger partial charge in [-0.05, 0) is 30.5 Å². The number of nitrogens with two attached hydrogens (primary N) is 1. The van der Waals surface area contributed by atoms with E-state index in [1.165, 1.54) is 17.7 Å². The van der Waals surface area contributed by atoms with E-state index < -0.39 is 0 Å². The Morgan fingerprint density at radius 3 is 2.57 bits per heavy atom. The molecule has 116 valence electrons. The van der Waals surface area contributed by atoms with Gasteiger partial charge in [0, 0.05) is 44.0 Å². The minimum atomic E-state index is 0.165. The van der Waals surface area contributed by atoms with Crippen LogP contribution in [0.3, 0.4) is 0 Å². The van der Waals surface area contributed by atoms with Crippen molar-refractivity contribution in [2.24, 2.45) is 5.73 Å². The van der Waals surface area contributed by atoms with Crippen LogP contribution in [0.4, 0.5) is 5.69 Å². The van der Waals surface area contributed by atoms with Crippen molar-refractivity contribution in [1.82, 2.24) is 4.90 Å². The first-order valence-electron chi connectivity index (χ1n) is 8.20. The zero-order valence-electron chi connectivity index (χ0n) is 13.0. The summed E-state index contributed by atoms with van der Waals surface area (Å²) in [5.41, 5.74) is 8.66. The smallest absolute Gasteiger partial charge is 0.0594 e. The van der Waals surface area contributed by atoms with Crippen molar-refractivity contribution in [3.63, 3.8) is 0 Å². The lowest BCUT2D eigenvalue weighted by Crippen LogP contribution is -2.44. The number of hydrogen-bond acceptors (Lipinski definition) is 4. The largest absolute Gasteiger partial charge is 0.379 e. The average molecular weight is 289 g/mol. The molecule has 2 unspecified atom stereocenters. The monoisotopic (exact) mass is 289 g/mol. The van der Waals surface area contributed by atoms with Crippen LogP contribution in [0.1, 0.15) is 31.4 Å². The number of rotatable bonds is 4. The number of hydrogen-bond donors (Lipinski definition) is 1. The minimum Gasteiger partial charge on any atom is -0.379 e. The summed E-state index contributed by atoms with van der Waals surface area (Å²) in [4.78, 5) is 5.09. The van der Waals surface area contributed by atoms with Crippen molar-refractivity contribution < 1.29 is 4.74 Å². The van der Waals surface area contributed by atoms with Crippen LogP contribution < -0.4 is 10.6 Å². The highest BCUT2D eigenvalue weighted by molar-refractivity contribution is 5.49. The SMILES string of the molecule is CCC(N)c1ccc(N2CCC(N3CCOCC3)C2)cc1. The van der Waals surface area contributed by atoms with Gasteiger partial charge in [-0.2, -0.15) is 0 Å². The van der Waals surface area contributed by atoms with Gasteiger partial charge in [0.1, 0.15) is 0 Å². The maximum Gasteiger partial charge on any atom is 0.0594 e. The molecule has 0 amide bonds. The van der Waals surface area contributed by atoms with E-state index in [0.717, 1.165) is 45.8 Å². The fraction of sp³-hybridized carbons (Fsp3) is 0.647. The molecule has 2 N–H and O–H groups in total. The summed E-state index contributed by atoms with van der Waals surface area (Å²) in [6.07, 6.45) is 2.25. The molecule has 0 aliphatic carbocycles. The molecule has 3 rings (SSSR count). The second kappa shape index (κ2) is 6.77. The molecular weight excluding hydrogens is 262 g/mol. The number of benzene rings is 1. The summed E-state index contributed by atoms with van der Waals surface area (Å²) < 4.78 is 5.45. The van der Waals surface area contributed by atoms with E-state index in [4.69, 9.17) is 10.5 Å². The molecule has 0 saturated carbocycles. The van der Waals surface area contributed by atoms with Gasteiger partial charge in [0.25, 0.3) is 0 Å². The molecule has 2 aliphatic heterocycles. The number of anilines is 1. The molecular formula is C17H27N3O. The maximum absolute atomic E-state index is 6.09. The first-order valence-corrected chi connectivity index (χ1v) is 8.20. The lowest BCUT2D eigenvalue weighted by atomic mass is 10.1. The van der Waals surface area contributed by atoms with E-state index >= 15 is 0 Å². The molecule has 21 heavy (non-hydrogen) atoms. The van der Waals surface area contributed by atoms with Crippen LogP contribution in [0, 0.1) is 0 Å². The van der Waals surface area contributed by atoms with Crippen LogP contribution in [-0.4, -0.2) is 50.3 Å². The quantitative estimate of drug-likeness (QED) is 0.920. The van der Waals surface area contributed by atoms with E-state index in [2.05, 4.69) is 41.0 Å². The molecule has 2 saturated heterocycles. The van der Waals surface area contributed by atoms with E-state index in [1.54, 1.807) is 0 Å². The molecule has 0 radical (unpaired) electrons. The molecule has 2 fully saturated rings. The number of nitrogens with zero attached hydrogens (tertiary/aromatic N) is 2. The van der Waals surface area contributed by atoms with Gasteiger partial charge in [-0.1, -0.05) is 19.1 Å². The summed E-state index contributed by atoms with van der Waals surface area (Å²) in [7, 11) is 0. The normalized spacial score (nSPS) is 25.2. The molecule has 0 spiro atoms. The van der Waals surface area contributed by atoms with E-state index in [0.29, 0.717) is 6.04 Å². The molecule has 0 bridgehead atoms. The molecule has 1 aromatic carbocycles.